The second-order valence-electron chi connectivity index (χ2n) is 9.70. The first-order valence-electron chi connectivity index (χ1n) is 12.2. The molecule has 5 rings (SSSR count). The topological polar surface area (TPSA) is 69.0 Å². The number of allylic oxidation sites excluding steroid dienone is 2. The summed E-state index contributed by atoms with van der Waals surface area (Å²) in [6.07, 6.45) is 4.49. The number of halogens is 3. The van der Waals surface area contributed by atoms with E-state index in [0.717, 1.165) is 54.8 Å². The molecule has 0 N–H and O–H groups in total. The summed E-state index contributed by atoms with van der Waals surface area (Å²) in [5, 5.41) is 0. The predicted molar refractivity (Wildman–Crippen MR) is 131 cm³/mol. The van der Waals surface area contributed by atoms with Gasteiger partial charge in [-0.25, -0.2) is 15.0 Å². The van der Waals surface area contributed by atoms with Crippen molar-refractivity contribution in [2.24, 2.45) is 13.0 Å². The summed E-state index contributed by atoms with van der Waals surface area (Å²) in [4.78, 5) is 20.1. The van der Waals surface area contributed by atoms with E-state index in [4.69, 9.17) is 9.72 Å². The average molecular weight is 499 g/mol. The van der Waals surface area contributed by atoms with Crippen molar-refractivity contribution in [2.45, 2.75) is 45.2 Å². The van der Waals surface area contributed by atoms with Crippen LogP contribution in [0.2, 0.25) is 0 Å². The molecule has 1 atom stereocenters. The normalized spacial score (nSPS) is 18.1. The molecule has 0 saturated carbocycles. The third-order valence-electron chi connectivity index (χ3n) is 6.73. The largest absolute Gasteiger partial charge is 0.486 e. The van der Waals surface area contributed by atoms with Gasteiger partial charge in [0, 0.05) is 31.5 Å². The molecule has 36 heavy (non-hydrogen) atoms. The van der Waals surface area contributed by atoms with Gasteiger partial charge in [-0.2, -0.15) is 13.2 Å². The minimum absolute atomic E-state index is 0.238. The molecule has 0 radical (unpaired) electrons. The SMILES string of the molecule is CC(C)c1ncccc1-c1ncc2c(n1)N(CC1CC=C(c3nc(C(F)(F)F)cn3C)CC1)CCO2. The van der Waals surface area contributed by atoms with Crippen molar-refractivity contribution in [3.63, 3.8) is 0 Å². The summed E-state index contributed by atoms with van der Waals surface area (Å²) in [5.74, 6) is 3.06. The van der Waals surface area contributed by atoms with Gasteiger partial charge in [0.2, 0.25) is 0 Å². The van der Waals surface area contributed by atoms with Crippen LogP contribution in [-0.2, 0) is 13.2 Å². The van der Waals surface area contributed by atoms with Crippen LogP contribution in [0, 0.1) is 5.92 Å². The van der Waals surface area contributed by atoms with Gasteiger partial charge in [0.15, 0.2) is 23.1 Å². The maximum atomic E-state index is 13.1. The minimum Gasteiger partial charge on any atom is -0.486 e. The van der Waals surface area contributed by atoms with Gasteiger partial charge < -0.3 is 14.2 Å². The van der Waals surface area contributed by atoms with Crippen LogP contribution in [0.3, 0.4) is 0 Å². The molecule has 0 fully saturated rings. The van der Waals surface area contributed by atoms with E-state index in [2.05, 4.69) is 33.7 Å². The van der Waals surface area contributed by atoms with Crippen molar-refractivity contribution in [1.29, 1.82) is 0 Å². The molecule has 0 spiro atoms. The first-order chi connectivity index (χ1) is 17.2. The predicted octanol–water partition coefficient (Wildman–Crippen LogP) is 5.50. The Balaban J connectivity index is 1.34. The molecular weight excluding hydrogens is 469 g/mol. The van der Waals surface area contributed by atoms with Crippen LogP contribution in [0.4, 0.5) is 19.0 Å². The van der Waals surface area contributed by atoms with E-state index < -0.39 is 11.9 Å². The highest BCUT2D eigenvalue weighted by molar-refractivity contribution is 5.64. The molecule has 0 amide bonds. The molecule has 1 aliphatic heterocycles. The van der Waals surface area contributed by atoms with Gasteiger partial charge in [0.1, 0.15) is 12.4 Å². The third kappa shape index (κ3) is 4.81. The highest BCUT2D eigenvalue weighted by Crippen LogP contribution is 2.37. The number of hydrogen-bond donors (Lipinski definition) is 0. The summed E-state index contributed by atoms with van der Waals surface area (Å²) in [7, 11) is 1.61. The Hall–Kier alpha value is -3.43. The number of anilines is 1. The zero-order valence-electron chi connectivity index (χ0n) is 20.6. The van der Waals surface area contributed by atoms with Crippen molar-refractivity contribution >= 4 is 11.4 Å². The summed E-state index contributed by atoms with van der Waals surface area (Å²) >= 11 is 0. The Labute approximate surface area is 208 Å². The van der Waals surface area contributed by atoms with Crippen molar-refractivity contribution in [2.75, 3.05) is 24.6 Å². The zero-order valence-corrected chi connectivity index (χ0v) is 20.6. The number of aryl methyl sites for hydroxylation is 1. The van der Waals surface area contributed by atoms with Crippen molar-refractivity contribution in [3.8, 4) is 17.1 Å². The molecule has 7 nitrogen and oxygen atoms in total. The van der Waals surface area contributed by atoms with Crippen LogP contribution in [0.1, 0.15) is 56.2 Å². The van der Waals surface area contributed by atoms with Crippen LogP contribution >= 0.6 is 0 Å². The number of alkyl halides is 3. The molecule has 4 heterocycles. The van der Waals surface area contributed by atoms with Gasteiger partial charge in [0.05, 0.1) is 18.4 Å². The Morgan fingerprint density at radius 2 is 2.03 bits per heavy atom. The monoisotopic (exact) mass is 498 g/mol. The number of fused-ring (bicyclic) bond motifs is 1. The third-order valence-corrected chi connectivity index (χ3v) is 6.73. The molecule has 3 aromatic rings. The number of aromatic nitrogens is 5. The van der Waals surface area contributed by atoms with Gasteiger partial charge in [-0.3, -0.25) is 4.98 Å². The molecule has 3 aromatic heterocycles. The van der Waals surface area contributed by atoms with Crippen LogP contribution in [0.25, 0.3) is 17.0 Å². The lowest BCUT2D eigenvalue weighted by molar-refractivity contribution is -0.141. The smallest absolute Gasteiger partial charge is 0.434 e. The first kappa shape index (κ1) is 24.3. The van der Waals surface area contributed by atoms with Crippen LogP contribution in [0.5, 0.6) is 5.75 Å². The van der Waals surface area contributed by atoms with Crippen molar-refractivity contribution in [3.05, 3.63) is 54.0 Å². The molecule has 190 valence electrons. The molecular formula is C26H29F3N6O. The van der Waals surface area contributed by atoms with E-state index in [-0.39, 0.29) is 5.92 Å². The maximum Gasteiger partial charge on any atom is 0.434 e. The standard InChI is InChI=1S/C26H29F3N6O/c1-16(2)22-19(5-4-10-30-22)23-31-13-20-25(33-23)35(11-12-36-20)14-17-6-8-18(9-7-17)24-32-21(15-34(24)3)26(27,28)29/h4-5,8,10,13,15-17H,6-7,9,11-12,14H2,1-3H3. The lowest BCUT2D eigenvalue weighted by atomic mass is 9.88. The Morgan fingerprint density at radius 3 is 2.72 bits per heavy atom. The Kier molecular flexibility index (Phi) is 6.44. The second kappa shape index (κ2) is 9.55. The molecule has 2 aliphatic rings. The number of ether oxygens (including phenoxy) is 1. The highest BCUT2D eigenvalue weighted by Gasteiger charge is 2.35. The first-order valence-corrected chi connectivity index (χ1v) is 12.2. The van der Waals surface area contributed by atoms with Crippen LogP contribution < -0.4 is 9.64 Å². The van der Waals surface area contributed by atoms with E-state index in [1.807, 2.05) is 18.2 Å². The van der Waals surface area contributed by atoms with E-state index in [1.54, 1.807) is 19.4 Å². The summed E-state index contributed by atoms with van der Waals surface area (Å²) in [6.45, 7) is 6.25. The van der Waals surface area contributed by atoms with Gasteiger partial charge in [-0.15, -0.1) is 0 Å². The molecule has 0 aromatic carbocycles. The number of nitrogens with zero attached hydrogens (tertiary/aromatic N) is 6. The van der Waals surface area contributed by atoms with Gasteiger partial charge in [-0.1, -0.05) is 19.9 Å². The summed E-state index contributed by atoms with van der Waals surface area (Å²) in [6, 6.07) is 3.89. The number of imidazole rings is 1. The van der Waals surface area contributed by atoms with E-state index in [9.17, 15) is 13.2 Å². The Morgan fingerprint density at radius 1 is 1.19 bits per heavy atom. The summed E-state index contributed by atoms with van der Waals surface area (Å²) < 4.78 is 46.5. The van der Waals surface area contributed by atoms with Crippen molar-refractivity contribution < 1.29 is 17.9 Å². The average Bonchev–Trinajstić information content (AvgIpc) is 3.26. The number of hydrogen-bond acceptors (Lipinski definition) is 6. The minimum atomic E-state index is -4.44. The Bertz CT molecular complexity index is 1280. The second-order valence-corrected chi connectivity index (χ2v) is 9.70. The fourth-order valence-electron chi connectivity index (χ4n) is 4.91. The summed E-state index contributed by atoms with van der Waals surface area (Å²) in [5.41, 5.74) is 1.89. The van der Waals surface area contributed by atoms with Gasteiger partial charge >= 0.3 is 6.18 Å². The fourth-order valence-corrected chi connectivity index (χ4v) is 4.91. The lowest BCUT2D eigenvalue weighted by Gasteiger charge is -2.34. The maximum absolute atomic E-state index is 13.1. The molecule has 1 aliphatic carbocycles. The van der Waals surface area contributed by atoms with Gasteiger partial charge in [-0.05, 0) is 48.8 Å². The fraction of sp³-hybridized carbons (Fsp3) is 0.462. The lowest BCUT2D eigenvalue weighted by Crippen LogP contribution is -2.37. The molecule has 0 bridgehead atoms. The van der Waals surface area contributed by atoms with E-state index in [1.165, 1.54) is 4.57 Å². The van der Waals surface area contributed by atoms with Gasteiger partial charge in [0.25, 0.3) is 0 Å². The van der Waals surface area contributed by atoms with Crippen molar-refractivity contribution in [1.82, 2.24) is 24.5 Å². The highest BCUT2D eigenvalue weighted by atomic mass is 19.4. The van der Waals surface area contributed by atoms with Crippen LogP contribution in [-0.4, -0.2) is 44.2 Å². The quantitative estimate of drug-likeness (QED) is 0.463. The zero-order chi connectivity index (χ0) is 25.4. The van der Waals surface area contributed by atoms with Crippen LogP contribution in [0.15, 0.2) is 36.8 Å². The molecule has 1 unspecified atom stereocenters. The van der Waals surface area contributed by atoms with E-state index in [0.29, 0.717) is 36.3 Å². The molecule has 0 saturated heterocycles. The number of rotatable bonds is 5. The number of pyridine rings is 1. The van der Waals surface area contributed by atoms with E-state index >= 15 is 0 Å². The molecule has 10 heteroatoms.